The number of carbonyl (C=O) groups is 1. The molecule has 3 aromatic rings. The third-order valence-electron chi connectivity index (χ3n) is 3.82. The lowest BCUT2D eigenvalue weighted by Gasteiger charge is -2.11. The molecule has 0 radical (unpaired) electrons. The second kappa shape index (κ2) is 8.05. The molecule has 0 aliphatic heterocycles. The van der Waals surface area contributed by atoms with Crippen molar-refractivity contribution in [1.29, 1.82) is 0 Å². The summed E-state index contributed by atoms with van der Waals surface area (Å²) < 4.78 is 24.0. The predicted octanol–water partition coefficient (Wildman–Crippen LogP) is 3.91. The van der Waals surface area contributed by atoms with Crippen LogP contribution in [0.4, 0.5) is 10.1 Å². The molecule has 0 saturated carbocycles. The van der Waals surface area contributed by atoms with E-state index in [0.717, 1.165) is 5.39 Å². The molecule has 0 saturated heterocycles. The number of hydrogen-bond donors (Lipinski definition) is 3. The van der Waals surface area contributed by atoms with E-state index < -0.39 is 5.91 Å². The van der Waals surface area contributed by atoms with Crippen LogP contribution >= 0.6 is 12.2 Å². The lowest BCUT2D eigenvalue weighted by Crippen LogP contribution is -2.43. The molecule has 0 unspecified atom stereocenters. The Morgan fingerprint density at radius 2 is 1.93 bits per heavy atom. The van der Waals surface area contributed by atoms with Crippen molar-refractivity contribution >= 4 is 39.9 Å². The van der Waals surface area contributed by atoms with Gasteiger partial charge >= 0.3 is 5.91 Å². The molecular weight excluding hydrogens is 369 g/mol. The first-order chi connectivity index (χ1) is 13.0. The number of halogens is 1. The number of furan rings is 1. The van der Waals surface area contributed by atoms with Gasteiger partial charge in [-0.05, 0) is 68.5 Å². The zero-order valence-electron chi connectivity index (χ0n) is 14.8. The molecule has 1 heterocycles. The van der Waals surface area contributed by atoms with Gasteiger partial charge < -0.3 is 14.5 Å². The summed E-state index contributed by atoms with van der Waals surface area (Å²) in [6.07, 6.45) is 0. The van der Waals surface area contributed by atoms with Gasteiger partial charge in [-0.2, -0.15) is 0 Å². The average molecular weight is 387 g/mol. The average Bonchev–Trinajstić information content (AvgIpc) is 2.98. The Balaban J connectivity index is 1.66. The van der Waals surface area contributed by atoms with E-state index in [1.165, 1.54) is 24.3 Å². The number of anilines is 1. The first-order valence-corrected chi connectivity index (χ1v) is 8.67. The zero-order valence-corrected chi connectivity index (χ0v) is 15.6. The fourth-order valence-corrected chi connectivity index (χ4v) is 2.71. The zero-order chi connectivity index (χ0) is 19.4. The van der Waals surface area contributed by atoms with Crippen molar-refractivity contribution in [2.24, 2.45) is 0 Å². The molecule has 0 aliphatic carbocycles. The Bertz CT molecular complexity index is 986. The second-order valence-corrected chi connectivity index (χ2v) is 6.10. The highest BCUT2D eigenvalue weighted by molar-refractivity contribution is 7.80. The second-order valence-electron chi connectivity index (χ2n) is 5.69. The van der Waals surface area contributed by atoms with E-state index in [1.54, 1.807) is 19.1 Å². The van der Waals surface area contributed by atoms with Crippen molar-refractivity contribution in [2.45, 2.75) is 13.8 Å². The number of fused-ring (bicyclic) bond motifs is 1. The van der Waals surface area contributed by atoms with E-state index in [-0.39, 0.29) is 16.7 Å². The molecule has 0 aliphatic rings. The molecule has 140 valence electrons. The maximum absolute atomic E-state index is 12.9. The number of hydrazine groups is 1. The Morgan fingerprint density at radius 1 is 1.19 bits per heavy atom. The van der Waals surface area contributed by atoms with E-state index in [0.29, 0.717) is 29.2 Å². The standard InChI is InChI=1S/C19H18FN3O3S/c1-3-25-14-8-9-16-15(10-14)11(2)17(26-16)18(24)22-23-19(27)21-13-6-4-12(20)5-7-13/h4-10H,3H2,1-2H3,(H,22,24)(H2,21,23,27). The summed E-state index contributed by atoms with van der Waals surface area (Å²) in [7, 11) is 0. The minimum absolute atomic E-state index is 0.155. The third kappa shape index (κ3) is 4.35. The number of thiocarbonyl (C=S) groups is 1. The largest absolute Gasteiger partial charge is 0.494 e. The smallest absolute Gasteiger partial charge is 0.305 e. The molecule has 0 atom stereocenters. The van der Waals surface area contributed by atoms with Crippen molar-refractivity contribution in [1.82, 2.24) is 10.9 Å². The number of aryl methyl sites for hydroxylation is 1. The highest BCUT2D eigenvalue weighted by Gasteiger charge is 2.18. The van der Waals surface area contributed by atoms with Crippen molar-refractivity contribution in [2.75, 3.05) is 11.9 Å². The van der Waals surface area contributed by atoms with Crippen LogP contribution in [-0.2, 0) is 0 Å². The van der Waals surface area contributed by atoms with Gasteiger partial charge in [0.2, 0.25) is 0 Å². The highest BCUT2D eigenvalue weighted by atomic mass is 32.1. The summed E-state index contributed by atoms with van der Waals surface area (Å²) in [6.45, 7) is 4.25. The lowest BCUT2D eigenvalue weighted by molar-refractivity contribution is 0.0917. The Morgan fingerprint density at radius 3 is 2.63 bits per heavy atom. The molecule has 2 aromatic carbocycles. The van der Waals surface area contributed by atoms with Crippen LogP contribution in [0.15, 0.2) is 46.9 Å². The third-order valence-corrected chi connectivity index (χ3v) is 4.02. The minimum Gasteiger partial charge on any atom is -0.494 e. The molecule has 0 fully saturated rings. The maximum Gasteiger partial charge on any atom is 0.305 e. The lowest BCUT2D eigenvalue weighted by atomic mass is 10.1. The van der Waals surface area contributed by atoms with Crippen molar-refractivity contribution in [3.05, 3.63) is 59.6 Å². The van der Waals surface area contributed by atoms with Crippen LogP contribution in [0.25, 0.3) is 11.0 Å². The van der Waals surface area contributed by atoms with Gasteiger partial charge in [0.1, 0.15) is 17.1 Å². The van der Waals surface area contributed by atoms with Crippen LogP contribution in [0.1, 0.15) is 23.0 Å². The number of amides is 1. The molecule has 0 spiro atoms. The Kier molecular flexibility index (Phi) is 5.56. The molecule has 27 heavy (non-hydrogen) atoms. The number of nitrogens with one attached hydrogen (secondary N) is 3. The number of benzene rings is 2. The molecule has 1 amide bonds. The Labute approximate surface area is 160 Å². The molecule has 6 nitrogen and oxygen atoms in total. The summed E-state index contributed by atoms with van der Waals surface area (Å²) in [5, 5.41) is 3.79. The van der Waals surface area contributed by atoms with Crippen LogP contribution in [0, 0.1) is 12.7 Å². The van der Waals surface area contributed by atoms with Gasteiger partial charge in [0, 0.05) is 16.6 Å². The summed E-state index contributed by atoms with van der Waals surface area (Å²) in [4.78, 5) is 12.4. The molecule has 8 heteroatoms. The topological polar surface area (TPSA) is 75.5 Å². The van der Waals surface area contributed by atoms with Crippen LogP contribution in [0.3, 0.4) is 0 Å². The summed E-state index contributed by atoms with van der Waals surface area (Å²) in [6, 6.07) is 11.1. The van der Waals surface area contributed by atoms with Crippen LogP contribution < -0.4 is 20.9 Å². The van der Waals surface area contributed by atoms with Gasteiger partial charge in [0.25, 0.3) is 0 Å². The Hall–Kier alpha value is -3.13. The van der Waals surface area contributed by atoms with E-state index >= 15 is 0 Å². The number of rotatable bonds is 4. The van der Waals surface area contributed by atoms with Gasteiger partial charge in [-0.3, -0.25) is 15.6 Å². The number of carbonyl (C=O) groups excluding carboxylic acids is 1. The first-order valence-electron chi connectivity index (χ1n) is 8.26. The number of ether oxygens (including phenoxy) is 1. The first kappa shape index (κ1) is 18.7. The quantitative estimate of drug-likeness (QED) is 0.466. The molecular formula is C19H18FN3O3S. The normalized spacial score (nSPS) is 10.5. The summed E-state index contributed by atoms with van der Waals surface area (Å²) in [5.41, 5.74) is 6.95. The van der Waals surface area contributed by atoms with Gasteiger partial charge in [-0.15, -0.1) is 0 Å². The van der Waals surface area contributed by atoms with Crippen LogP contribution in [0.5, 0.6) is 5.75 Å². The predicted molar refractivity (Wildman–Crippen MR) is 105 cm³/mol. The molecule has 1 aromatic heterocycles. The fourth-order valence-electron chi connectivity index (χ4n) is 2.54. The van der Waals surface area contributed by atoms with Gasteiger partial charge in [0.05, 0.1) is 6.61 Å². The van der Waals surface area contributed by atoms with Gasteiger partial charge in [0.15, 0.2) is 10.9 Å². The van der Waals surface area contributed by atoms with E-state index in [2.05, 4.69) is 16.2 Å². The summed E-state index contributed by atoms with van der Waals surface area (Å²) in [5.74, 6) is 0.0740. The van der Waals surface area contributed by atoms with Crippen LogP contribution in [-0.4, -0.2) is 17.6 Å². The van der Waals surface area contributed by atoms with E-state index in [4.69, 9.17) is 21.4 Å². The summed E-state index contributed by atoms with van der Waals surface area (Å²) >= 11 is 5.10. The van der Waals surface area contributed by atoms with Crippen molar-refractivity contribution < 1.29 is 18.3 Å². The van der Waals surface area contributed by atoms with Gasteiger partial charge in [-0.1, -0.05) is 0 Å². The van der Waals surface area contributed by atoms with E-state index in [9.17, 15) is 9.18 Å². The van der Waals surface area contributed by atoms with Crippen molar-refractivity contribution in [3.63, 3.8) is 0 Å². The minimum atomic E-state index is -0.468. The van der Waals surface area contributed by atoms with Gasteiger partial charge in [-0.25, -0.2) is 4.39 Å². The molecule has 3 N–H and O–H groups in total. The van der Waals surface area contributed by atoms with Crippen LogP contribution in [0.2, 0.25) is 0 Å². The SMILES string of the molecule is CCOc1ccc2oc(C(=O)NNC(=S)Nc3ccc(F)cc3)c(C)c2c1. The van der Waals surface area contributed by atoms with E-state index in [1.807, 2.05) is 13.0 Å². The maximum atomic E-state index is 12.9. The monoisotopic (exact) mass is 387 g/mol. The number of hydrogen-bond acceptors (Lipinski definition) is 4. The fraction of sp³-hybridized carbons (Fsp3) is 0.158. The van der Waals surface area contributed by atoms with Crippen molar-refractivity contribution in [3.8, 4) is 5.75 Å². The molecule has 0 bridgehead atoms. The highest BCUT2D eigenvalue weighted by Crippen LogP contribution is 2.28. The molecule has 3 rings (SSSR count).